The average molecular weight is 508 g/mol. The van der Waals surface area contributed by atoms with Crippen LogP contribution in [0.15, 0.2) is 89.9 Å². The summed E-state index contributed by atoms with van der Waals surface area (Å²) in [5, 5.41) is 1.94. The number of carbonyl (C=O) groups excluding carboxylic acids is 2. The number of amides is 2. The van der Waals surface area contributed by atoms with E-state index in [0.717, 1.165) is 16.0 Å². The topological polar surface area (TPSA) is 61.8 Å². The van der Waals surface area contributed by atoms with Gasteiger partial charge in [-0.3, -0.25) is 14.5 Å². The van der Waals surface area contributed by atoms with E-state index in [9.17, 15) is 22.8 Å². The van der Waals surface area contributed by atoms with Crippen LogP contribution in [0.4, 0.5) is 13.2 Å². The fraction of sp³-hybridized carbons (Fsp3) is 0.276. The standard InChI is InChI=1S/C29H28F3N3O2/c1-27(2,3)23-16-14-22(15-17-23)25(36)34-28(29(30,31)32)26(37)35(19-18-20-10-6-4-7-11-20)24(33-28)21-12-8-5-9-13-21/h4-17H,18-19H2,1-3H3,(H,34,36)/t28-/m1/s1. The molecule has 1 aliphatic heterocycles. The molecule has 3 aromatic carbocycles. The van der Waals surface area contributed by atoms with Gasteiger partial charge in [-0.25, -0.2) is 4.99 Å². The van der Waals surface area contributed by atoms with Crippen molar-refractivity contribution >= 4 is 17.6 Å². The molecule has 192 valence electrons. The number of hydrogen-bond acceptors (Lipinski definition) is 3. The first-order valence-corrected chi connectivity index (χ1v) is 11.9. The number of carbonyl (C=O) groups is 2. The lowest BCUT2D eigenvalue weighted by atomic mass is 9.86. The Hall–Kier alpha value is -3.94. The Labute approximate surface area is 214 Å². The first kappa shape index (κ1) is 26.1. The van der Waals surface area contributed by atoms with Crippen LogP contribution >= 0.6 is 0 Å². The third-order valence-electron chi connectivity index (χ3n) is 6.30. The van der Waals surface area contributed by atoms with Crippen LogP contribution in [0.5, 0.6) is 0 Å². The smallest absolute Gasteiger partial charge is 0.312 e. The Kier molecular flexibility index (Phi) is 6.95. The van der Waals surface area contributed by atoms with Crippen molar-refractivity contribution in [1.82, 2.24) is 10.2 Å². The monoisotopic (exact) mass is 507 g/mol. The molecule has 0 bridgehead atoms. The van der Waals surface area contributed by atoms with E-state index in [1.807, 2.05) is 56.4 Å². The maximum atomic E-state index is 14.6. The first-order valence-electron chi connectivity index (χ1n) is 11.9. The minimum Gasteiger partial charge on any atom is -0.312 e. The highest BCUT2D eigenvalue weighted by atomic mass is 19.4. The molecule has 1 N–H and O–H groups in total. The Morgan fingerprint density at radius 1 is 0.892 bits per heavy atom. The molecule has 0 fully saturated rings. The van der Waals surface area contributed by atoms with Crippen molar-refractivity contribution in [2.75, 3.05) is 6.54 Å². The molecule has 0 spiro atoms. The second-order valence-electron chi connectivity index (χ2n) is 9.98. The number of nitrogens with zero attached hydrogens (tertiary/aromatic N) is 2. The molecular weight excluding hydrogens is 479 g/mol. The molecule has 4 rings (SSSR count). The quantitative estimate of drug-likeness (QED) is 0.479. The van der Waals surface area contributed by atoms with Crippen molar-refractivity contribution in [3.05, 3.63) is 107 Å². The van der Waals surface area contributed by atoms with E-state index >= 15 is 0 Å². The number of benzene rings is 3. The molecule has 8 heteroatoms. The van der Waals surface area contributed by atoms with Gasteiger partial charge >= 0.3 is 11.8 Å². The highest BCUT2D eigenvalue weighted by molar-refractivity contribution is 6.16. The van der Waals surface area contributed by atoms with Crippen LogP contribution in [-0.4, -0.2) is 40.9 Å². The van der Waals surface area contributed by atoms with Crippen LogP contribution in [0.1, 0.15) is 47.8 Å². The number of rotatable bonds is 6. The summed E-state index contributed by atoms with van der Waals surface area (Å²) < 4.78 is 43.9. The zero-order valence-electron chi connectivity index (χ0n) is 20.8. The highest BCUT2D eigenvalue weighted by Crippen LogP contribution is 2.39. The lowest BCUT2D eigenvalue weighted by molar-refractivity contribution is -0.196. The van der Waals surface area contributed by atoms with Gasteiger partial charge in [-0.05, 0) is 35.1 Å². The first-order chi connectivity index (χ1) is 17.4. The van der Waals surface area contributed by atoms with Gasteiger partial charge < -0.3 is 5.32 Å². The van der Waals surface area contributed by atoms with Crippen molar-refractivity contribution in [3.8, 4) is 0 Å². The van der Waals surface area contributed by atoms with Crippen LogP contribution < -0.4 is 5.32 Å². The van der Waals surface area contributed by atoms with Crippen molar-refractivity contribution in [2.45, 2.75) is 44.4 Å². The number of aliphatic imine (C=N–C) groups is 1. The Balaban J connectivity index is 1.71. The summed E-state index contributed by atoms with van der Waals surface area (Å²) >= 11 is 0. The van der Waals surface area contributed by atoms with Crippen molar-refractivity contribution in [3.63, 3.8) is 0 Å². The van der Waals surface area contributed by atoms with Gasteiger partial charge in [-0.2, -0.15) is 13.2 Å². The summed E-state index contributed by atoms with van der Waals surface area (Å²) in [5.41, 5.74) is -1.51. The van der Waals surface area contributed by atoms with E-state index in [1.54, 1.807) is 42.5 Å². The second-order valence-corrected chi connectivity index (χ2v) is 9.98. The average Bonchev–Trinajstić information content (AvgIpc) is 3.15. The molecule has 0 saturated carbocycles. The van der Waals surface area contributed by atoms with Crippen LogP contribution in [0.3, 0.4) is 0 Å². The minimum atomic E-state index is -5.17. The lowest BCUT2D eigenvalue weighted by Crippen LogP contribution is -2.63. The molecule has 0 unspecified atom stereocenters. The second kappa shape index (κ2) is 9.84. The number of hydrogen-bond donors (Lipinski definition) is 1. The summed E-state index contributed by atoms with van der Waals surface area (Å²) in [7, 11) is 0. The summed E-state index contributed by atoms with van der Waals surface area (Å²) in [4.78, 5) is 31.5. The normalized spacial score (nSPS) is 18.1. The zero-order valence-corrected chi connectivity index (χ0v) is 20.8. The van der Waals surface area contributed by atoms with E-state index < -0.39 is 23.7 Å². The van der Waals surface area contributed by atoms with Gasteiger partial charge in [0.25, 0.3) is 11.8 Å². The van der Waals surface area contributed by atoms with Gasteiger partial charge in [0.05, 0.1) is 0 Å². The van der Waals surface area contributed by atoms with Gasteiger partial charge in [0.15, 0.2) is 0 Å². The van der Waals surface area contributed by atoms with Crippen LogP contribution in [0.2, 0.25) is 0 Å². The van der Waals surface area contributed by atoms with Gasteiger partial charge in [0.2, 0.25) is 0 Å². The molecule has 2 amide bonds. The maximum Gasteiger partial charge on any atom is 0.442 e. The van der Waals surface area contributed by atoms with Gasteiger partial charge in [0.1, 0.15) is 5.84 Å². The molecular formula is C29H28F3N3O2. The number of alkyl halides is 3. The largest absolute Gasteiger partial charge is 0.442 e. The molecule has 0 aromatic heterocycles. The fourth-order valence-electron chi connectivity index (χ4n) is 4.15. The van der Waals surface area contributed by atoms with Crippen LogP contribution in [-0.2, 0) is 16.6 Å². The Morgan fingerprint density at radius 3 is 2.00 bits per heavy atom. The van der Waals surface area contributed by atoms with E-state index in [2.05, 4.69) is 4.99 Å². The van der Waals surface area contributed by atoms with Gasteiger partial charge in [-0.1, -0.05) is 93.6 Å². The predicted octanol–water partition coefficient (Wildman–Crippen LogP) is 5.50. The molecule has 1 atom stereocenters. The Bertz CT molecular complexity index is 1300. The number of amidine groups is 1. The minimum absolute atomic E-state index is 0.00335. The van der Waals surface area contributed by atoms with Gasteiger partial charge in [0, 0.05) is 17.7 Å². The predicted molar refractivity (Wildman–Crippen MR) is 136 cm³/mol. The number of halogens is 3. The zero-order chi connectivity index (χ0) is 26.8. The van der Waals surface area contributed by atoms with Crippen molar-refractivity contribution < 1.29 is 22.8 Å². The molecule has 3 aromatic rings. The SMILES string of the molecule is CC(C)(C)c1ccc(C(=O)N[C@]2(C(F)(F)F)N=C(c3ccccc3)N(CCc3ccccc3)C2=O)cc1. The van der Waals surface area contributed by atoms with Crippen molar-refractivity contribution in [2.24, 2.45) is 4.99 Å². The van der Waals surface area contributed by atoms with E-state index in [0.29, 0.717) is 12.0 Å². The fourth-order valence-corrected chi connectivity index (χ4v) is 4.15. The summed E-state index contributed by atoms with van der Waals surface area (Å²) in [5.74, 6) is -2.51. The molecule has 0 aliphatic carbocycles. The molecule has 0 radical (unpaired) electrons. The third kappa shape index (κ3) is 5.28. The summed E-state index contributed by atoms with van der Waals surface area (Å²) in [6.45, 7) is 5.93. The van der Waals surface area contributed by atoms with Crippen molar-refractivity contribution in [1.29, 1.82) is 0 Å². The van der Waals surface area contributed by atoms with E-state index in [-0.39, 0.29) is 23.4 Å². The van der Waals surface area contributed by atoms with E-state index in [1.165, 1.54) is 12.1 Å². The summed E-state index contributed by atoms with van der Waals surface area (Å²) in [6.07, 6.45) is -4.86. The maximum absolute atomic E-state index is 14.6. The lowest BCUT2D eigenvalue weighted by Gasteiger charge is -2.29. The van der Waals surface area contributed by atoms with E-state index in [4.69, 9.17) is 0 Å². The Morgan fingerprint density at radius 2 is 1.46 bits per heavy atom. The summed E-state index contributed by atoms with van der Waals surface area (Å²) in [6, 6.07) is 23.6. The van der Waals surface area contributed by atoms with Crippen LogP contribution in [0, 0.1) is 0 Å². The van der Waals surface area contributed by atoms with Crippen LogP contribution in [0.25, 0.3) is 0 Å². The molecule has 1 heterocycles. The third-order valence-corrected chi connectivity index (χ3v) is 6.30. The highest BCUT2D eigenvalue weighted by Gasteiger charge is 2.67. The number of nitrogens with one attached hydrogen (secondary N) is 1. The molecule has 1 aliphatic rings. The molecule has 5 nitrogen and oxygen atoms in total. The van der Waals surface area contributed by atoms with Gasteiger partial charge in [-0.15, -0.1) is 0 Å². The molecule has 0 saturated heterocycles. The molecule has 37 heavy (non-hydrogen) atoms.